The molecule has 0 bridgehead atoms. The molecule has 0 unspecified atom stereocenters. The Kier molecular flexibility index (Phi) is 9.97. The number of carbonyl (C=O) groups excluding carboxylic acids is 1. The van der Waals surface area contributed by atoms with Crippen LogP contribution in [0.25, 0.3) is 0 Å². The van der Waals surface area contributed by atoms with Gasteiger partial charge in [0.2, 0.25) is 0 Å². The second-order valence-electron chi connectivity index (χ2n) is 2.75. The summed E-state index contributed by atoms with van der Waals surface area (Å²) in [5.41, 5.74) is 5.17. The molecule has 0 radical (unpaired) electrons. The Morgan fingerprint density at radius 3 is 2.33 bits per heavy atom. The normalized spacial score (nSPS) is 12.9. The van der Waals surface area contributed by atoms with Crippen molar-refractivity contribution in [3.8, 4) is 0 Å². The summed E-state index contributed by atoms with van der Waals surface area (Å²) in [4.78, 5) is 10.4. The molecule has 0 aromatic rings. The van der Waals surface area contributed by atoms with Crippen molar-refractivity contribution < 1.29 is 52.4 Å². The van der Waals surface area contributed by atoms with E-state index in [0.29, 0.717) is 19.4 Å². The molecule has 15 heavy (non-hydrogen) atoms. The molecule has 0 heterocycles. The number of hydrogen-bond donors (Lipinski definition) is 3. The maximum Gasteiger partial charge on any atom is 1.00 e. The number of rotatable bonds is 7. The van der Waals surface area contributed by atoms with Crippen molar-refractivity contribution in [1.29, 1.82) is 0 Å². The molecule has 0 saturated carbocycles. The van der Waals surface area contributed by atoms with Crippen molar-refractivity contribution in [2.75, 3.05) is 6.54 Å². The second-order valence-corrected chi connectivity index (χ2v) is 3.93. The Balaban J connectivity index is 0. The minimum absolute atomic E-state index is 0. The molecule has 0 saturated heterocycles. The van der Waals surface area contributed by atoms with Gasteiger partial charge in [0, 0.05) is 0 Å². The molecule has 0 fully saturated rings. The first-order valence-corrected chi connectivity index (χ1v) is 5.46. The number of carboxylic acid groups (broad SMARTS) is 1. The molecule has 0 aliphatic carbocycles. The Morgan fingerprint density at radius 2 is 2.00 bits per heavy atom. The van der Waals surface area contributed by atoms with Crippen LogP contribution >= 0.6 is 0 Å². The molecule has 0 spiro atoms. The Morgan fingerprint density at radius 1 is 1.47 bits per heavy atom. The van der Waals surface area contributed by atoms with Gasteiger partial charge in [-0.25, -0.2) is 0 Å². The summed E-state index contributed by atoms with van der Waals surface area (Å²) in [5.74, 6) is -1.57. The summed E-state index contributed by atoms with van der Waals surface area (Å²) in [7, 11) is -4.51. The molecular formula is C6H13N2NaO5S. The van der Waals surface area contributed by atoms with Gasteiger partial charge in [0.1, 0.15) is 0 Å². The predicted octanol–water partition coefficient (Wildman–Crippen LogP) is -5.37. The van der Waals surface area contributed by atoms with Gasteiger partial charge in [0.15, 0.2) is 0 Å². The average molecular weight is 248 g/mol. The van der Waals surface area contributed by atoms with E-state index in [1.165, 1.54) is 4.72 Å². The zero-order valence-electron chi connectivity index (χ0n) is 8.47. The van der Waals surface area contributed by atoms with Crippen molar-refractivity contribution in [1.82, 2.24) is 4.72 Å². The fraction of sp³-hybridized carbons (Fsp3) is 0.833. The molecule has 4 N–H and O–H groups in total. The SMILES string of the molecule is NCCCC[C@H](NS(=O)(=O)O)C(=O)[O-].[Na+]. The predicted molar refractivity (Wildman–Crippen MR) is 46.4 cm³/mol. The third kappa shape index (κ3) is 10.6. The van der Waals surface area contributed by atoms with Crippen molar-refractivity contribution in [3.05, 3.63) is 0 Å². The van der Waals surface area contributed by atoms with E-state index in [1.807, 2.05) is 0 Å². The minimum Gasteiger partial charge on any atom is -0.548 e. The van der Waals surface area contributed by atoms with E-state index in [-0.39, 0.29) is 36.0 Å². The maximum absolute atomic E-state index is 10.4. The summed E-state index contributed by atoms with van der Waals surface area (Å²) in [6.07, 6.45) is 1.06. The Bertz CT molecular complexity index is 281. The van der Waals surface area contributed by atoms with Gasteiger partial charge in [-0.3, -0.25) is 4.55 Å². The number of nitrogens with one attached hydrogen (secondary N) is 1. The van der Waals surface area contributed by atoms with Crippen LogP contribution in [0.15, 0.2) is 0 Å². The summed E-state index contributed by atoms with van der Waals surface area (Å²) >= 11 is 0. The van der Waals surface area contributed by atoms with Crippen LogP contribution in [0.5, 0.6) is 0 Å². The number of nitrogens with two attached hydrogens (primary N) is 1. The smallest absolute Gasteiger partial charge is 0.548 e. The molecule has 9 heteroatoms. The third-order valence-electron chi connectivity index (χ3n) is 1.52. The van der Waals surface area contributed by atoms with Gasteiger partial charge in [0.05, 0.1) is 12.0 Å². The second kappa shape index (κ2) is 8.45. The zero-order valence-corrected chi connectivity index (χ0v) is 11.3. The topological polar surface area (TPSA) is 133 Å². The first-order valence-electron chi connectivity index (χ1n) is 4.02. The molecule has 7 nitrogen and oxygen atoms in total. The van der Waals surface area contributed by atoms with E-state index in [1.54, 1.807) is 0 Å². The van der Waals surface area contributed by atoms with E-state index < -0.39 is 22.3 Å². The molecule has 0 aromatic carbocycles. The number of aliphatic carboxylic acids is 1. The van der Waals surface area contributed by atoms with Crippen LogP contribution in [-0.2, 0) is 15.1 Å². The average Bonchev–Trinajstić information content (AvgIpc) is 2.00. The van der Waals surface area contributed by atoms with E-state index >= 15 is 0 Å². The van der Waals surface area contributed by atoms with Crippen LogP contribution < -0.4 is 45.1 Å². The van der Waals surface area contributed by atoms with Crippen molar-refractivity contribution in [3.63, 3.8) is 0 Å². The number of hydrogen-bond acceptors (Lipinski definition) is 5. The Labute approximate surface area is 111 Å². The van der Waals surface area contributed by atoms with Gasteiger partial charge in [-0.2, -0.15) is 13.1 Å². The number of carboxylic acids is 1. The molecular weight excluding hydrogens is 235 g/mol. The summed E-state index contributed by atoms with van der Waals surface area (Å²) < 4.78 is 30.5. The van der Waals surface area contributed by atoms with E-state index in [0.717, 1.165) is 0 Å². The molecule has 0 rings (SSSR count). The molecule has 84 valence electrons. The summed E-state index contributed by atoms with van der Waals surface area (Å²) in [6.45, 7) is 0.394. The summed E-state index contributed by atoms with van der Waals surface area (Å²) in [5, 5.41) is 10.4. The van der Waals surface area contributed by atoms with Crippen LogP contribution in [0, 0.1) is 0 Å². The van der Waals surface area contributed by atoms with E-state index in [4.69, 9.17) is 10.3 Å². The van der Waals surface area contributed by atoms with Gasteiger partial charge in [-0.1, -0.05) is 6.42 Å². The largest absolute Gasteiger partial charge is 1.00 e. The Hall–Kier alpha value is 0.300. The molecule has 1 atom stereocenters. The van der Waals surface area contributed by atoms with Gasteiger partial charge < -0.3 is 15.6 Å². The van der Waals surface area contributed by atoms with Crippen LogP contribution in [0.1, 0.15) is 19.3 Å². The standard InChI is InChI=1S/C6H14N2O5S.Na/c7-4-2-1-3-5(6(9)10)8-14(11,12)13;/h5,8H,1-4,7H2,(H,9,10)(H,11,12,13);/q;+1/p-1/t5-;/m0./s1. The number of unbranched alkanes of at least 4 members (excludes halogenated alkanes) is 1. The quantitative estimate of drug-likeness (QED) is 0.234. The van der Waals surface area contributed by atoms with Crippen molar-refractivity contribution in [2.45, 2.75) is 25.3 Å². The van der Waals surface area contributed by atoms with E-state index in [9.17, 15) is 18.3 Å². The third-order valence-corrected chi connectivity index (χ3v) is 2.11. The van der Waals surface area contributed by atoms with Gasteiger partial charge in [-0.05, 0) is 19.4 Å². The van der Waals surface area contributed by atoms with Crippen LogP contribution in [0.4, 0.5) is 0 Å². The fourth-order valence-corrected chi connectivity index (χ4v) is 1.47. The van der Waals surface area contributed by atoms with E-state index in [2.05, 4.69) is 0 Å². The van der Waals surface area contributed by atoms with Crippen molar-refractivity contribution in [2.24, 2.45) is 5.73 Å². The molecule has 0 amide bonds. The van der Waals surface area contributed by atoms with Crippen molar-refractivity contribution >= 4 is 16.3 Å². The molecule has 0 aromatic heterocycles. The fourth-order valence-electron chi connectivity index (χ4n) is 0.897. The van der Waals surface area contributed by atoms with Gasteiger partial charge in [-0.15, -0.1) is 0 Å². The molecule has 0 aliphatic rings. The van der Waals surface area contributed by atoms with Gasteiger partial charge in [0.25, 0.3) is 0 Å². The number of carbonyl (C=O) groups is 1. The van der Waals surface area contributed by atoms with Gasteiger partial charge >= 0.3 is 39.9 Å². The van der Waals surface area contributed by atoms with Crippen LogP contribution in [-0.4, -0.2) is 31.5 Å². The first kappa shape index (κ1) is 17.7. The monoisotopic (exact) mass is 248 g/mol. The van der Waals surface area contributed by atoms with Crippen LogP contribution in [0.2, 0.25) is 0 Å². The molecule has 0 aliphatic heterocycles. The zero-order chi connectivity index (χ0) is 11.2. The first-order chi connectivity index (χ1) is 6.37. The summed E-state index contributed by atoms with van der Waals surface area (Å²) in [6, 6.07) is -1.41. The van der Waals surface area contributed by atoms with Crippen LogP contribution in [0.3, 0.4) is 0 Å². The minimum atomic E-state index is -4.51. The maximum atomic E-state index is 10.4.